The van der Waals surface area contributed by atoms with Gasteiger partial charge in [0.05, 0.1) is 12.7 Å². The number of hydrogen-bond acceptors (Lipinski definition) is 5. The number of aliphatic hydroxyl groups excluding tert-OH is 5. The molecule has 94 valence electrons. The van der Waals surface area contributed by atoms with Gasteiger partial charge in [-0.25, -0.2) is 0 Å². The van der Waals surface area contributed by atoms with E-state index in [4.69, 9.17) is 25.5 Å². The van der Waals surface area contributed by atoms with E-state index in [1.165, 1.54) is 0 Å². The summed E-state index contributed by atoms with van der Waals surface area (Å²) < 4.78 is 0. The zero-order valence-electron chi connectivity index (χ0n) is 9.34. The lowest BCUT2D eigenvalue weighted by atomic mass is 10.2. The van der Waals surface area contributed by atoms with Crippen molar-refractivity contribution < 1.29 is 25.5 Å². The minimum atomic E-state index is -0.600. The average Bonchev–Trinajstić information content (AvgIpc) is 2.28. The molecule has 0 radical (unpaired) electrons. The summed E-state index contributed by atoms with van der Waals surface area (Å²) in [6.07, 6.45) is 1.46. The zero-order valence-corrected chi connectivity index (χ0v) is 9.34. The lowest BCUT2D eigenvalue weighted by molar-refractivity contribution is 0.0848. The molecule has 5 N–H and O–H groups in total. The van der Waals surface area contributed by atoms with Crippen molar-refractivity contribution in [2.75, 3.05) is 26.4 Å². The fraction of sp³-hybridized carbons (Fsp3) is 1.00. The molecule has 0 bridgehead atoms. The second-order valence-electron chi connectivity index (χ2n) is 3.53. The predicted octanol–water partition coefficient (Wildman–Crippen LogP) is -0.891. The van der Waals surface area contributed by atoms with Crippen LogP contribution in [-0.4, -0.2) is 58.1 Å². The van der Waals surface area contributed by atoms with Crippen LogP contribution in [0.25, 0.3) is 0 Å². The first-order chi connectivity index (χ1) is 7.12. The van der Waals surface area contributed by atoms with Gasteiger partial charge in [0, 0.05) is 25.7 Å². The summed E-state index contributed by atoms with van der Waals surface area (Å²) in [5, 5.41) is 41.7. The van der Waals surface area contributed by atoms with Gasteiger partial charge in [0.1, 0.15) is 0 Å². The summed E-state index contributed by atoms with van der Waals surface area (Å²) in [6.45, 7) is 1.93. The van der Waals surface area contributed by atoms with E-state index in [0.717, 1.165) is 6.42 Å². The maximum atomic E-state index is 8.75. The molecule has 1 atom stereocenters. The maximum absolute atomic E-state index is 8.75. The molecule has 0 aliphatic heterocycles. The first kappa shape index (κ1) is 17.2. The highest BCUT2D eigenvalue weighted by Crippen LogP contribution is 1.98. The van der Waals surface area contributed by atoms with Gasteiger partial charge in [-0.3, -0.25) is 0 Å². The van der Waals surface area contributed by atoms with E-state index in [1.807, 2.05) is 0 Å². The third kappa shape index (κ3) is 16.5. The second-order valence-corrected chi connectivity index (χ2v) is 3.53. The second kappa shape index (κ2) is 13.8. The van der Waals surface area contributed by atoms with Crippen LogP contribution in [0.4, 0.5) is 0 Å². The smallest absolute Gasteiger partial charge is 0.0771 e. The van der Waals surface area contributed by atoms with Crippen LogP contribution in [0.5, 0.6) is 0 Å². The summed E-state index contributed by atoms with van der Waals surface area (Å²) >= 11 is 0. The third-order valence-electron chi connectivity index (χ3n) is 1.78. The van der Waals surface area contributed by atoms with E-state index < -0.39 is 6.10 Å². The van der Waals surface area contributed by atoms with Crippen molar-refractivity contribution in [3.05, 3.63) is 0 Å². The van der Waals surface area contributed by atoms with Crippen molar-refractivity contribution in [2.24, 2.45) is 5.92 Å². The number of rotatable bonds is 7. The highest BCUT2D eigenvalue weighted by Gasteiger charge is 1.99. The molecule has 0 aromatic rings. The summed E-state index contributed by atoms with van der Waals surface area (Å²) in [4.78, 5) is 0. The predicted molar refractivity (Wildman–Crippen MR) is 57.4 cm³/mol. The monoisotopic (exact) mass is 224 g/mol. The Kier molecular flexibility index (Phi) is 15.8. The van der Waals surface area contributed by atoms with Crippen molar-refractivity contribution in [3.8, 4) is 0 Å². The minimum Gasteiger partial charge on any atom is -0.396 e. The molecule has 5 nitrogen and oxygen atoms in total. The molecular formula is C10H24O5. The summed E-state index contributed by atoms with van der Waals surface area (Å²) in [5.74, 6) is 0.0463. The largest absolute Gasteiger partial charge is 0.396 e. The minimum absolute atomic E-state index is 0.0463. The summed E-state index contributed by atoms with van der Waals surface area (Å²) in [7, 11) is 0. The molecule has 0 aliphatic carbocycles. The molecule has 0 rings (SSSR count). The van der Waals surface area contributed by atoms with Crippen LogP contribution in [0.1, 0.15) is 26.2 Å². The van der Waals surface area contributed by atoms with E-state index in [1.54, 1.807) is 6.92 Å². The van der Waals surface area contributed by atoms with E-state index in [0.29, 0.717) is 12.8 Å². The van der Waals surface area contributed by atoms with Gasteiger partial charge in [-0.1, -0.05) is 6.92 Å². The zero-order chi connectivity index (χ0) is 12.1. The Labute approximate surface area is 91.0 Å². The van der Waals surface area contributed by atoms with Crippen molar-refractivity contribution in [1.82, 2.24) is 0 Å². The van der Waals surface area contributed by atoms with Crippen LogP contribution in [0.3, 0.4) is 0 Å². The van der Waals surface area contributed by atoms with Crippen LogP contribution in [0, 0.1) is 5.92 Å². The van der Waals surface area contributed by atoms with E-state index in [-0.39, 0.29) is 32.3 Å². The summed E-state index contributed by atoms with van der Waals surface area (Å²) in [5.41, 5.74) is 0. The van der Waals surface area contributed by atoms with Crippen molar-refractivity contribution in [1.29, 1.82) is 0 Å². The first-order valence-corrected chi connectivity index (χ1v) is 5.23. The number of aliphatic hydroxyl groups is 5. The Hall–Kier alpha value is -0.200. The maximum Gasteiger partial charge on any atom is 0.0771 e. The van der Waals surface area contributed by atoms with Gasteiger partial charge >= 0.3 is 0 Å². The first-order valence-electron chi connectivity index (χ1n) is 5.23. The lowest BCUT2D eigenvalue weighted by Crippen LogP contribution is -2.11. The Balaban J connectivity index is 0. The molecule has 0 heterocycles. The van der Waals surface area contributed by atoms with E-state index in [9.17, 15) is 0 Å². The Morgan fingerprint density at radius 1 is 0.867 bits per heavy atom. The Bertz CT molecular complexity index is 106. The molecule has 1 unspecified atom stereocenters. The summed E-state index contributed by atoms with van der Waals surface area (Å²) in [6, 6.07) is 0. The molecule has 0 saturated heterocycles. The van der Waals surface area contributed by atoms with Crippen LogP contribution < -0.4 is 0 Å². The molecule has 0 amide bonds. The molecule has 0 spiro atoms. The highest BCUT2D eigenvalue weighted by molar-refractivity contribution is 4.51. The topological polar surface area (TPSA) is 101 Å². The molecule has 0 aromatic heterocycles. The average molecular weight is 224 g/mol. The molecule has 0 fully saturated rings. The van der Waals surface area contributed by atoms with Gasteiger partial charge in [0.2, 0.25) is 0 Å². The van der Waals surface area contributed by atoms with Crippen molar-refractivity contribution in [3.63, 3.8) is 0 Å². The Morgan fingerprint density at radius 2 is 1.40 bits per heavy atom. The fourth-order valence-electron chi connectivity index (χ4n) is 0.641. The van der Waals surface area contributed by atoms with Gasteiger partial charge in [-0.05, 0) is 19.3 Å². The van der Waals surface area contributed by atoms with Crippen molar-refractivity contribution >= 4 is 0 Å². The number of hydrogen-bond donors (Lipinski definition) is 5. The van der Waals surface area contributed by atoms with Gasteiger partial charge < -0.3 is 25.5 Å². The normalized spacial score (nSPS) is 12.2. The van der Waals surface area contributed by atoms with Gasteiger partial charge in [-0.2, -0.15) is 0 Å². The standard InChI is InChI=1S/C6H14O3.C4H10O2/c7-4-2-1-3-6(9)5-8;1-4(2-5)3-6/h6-9H,1-5H2;4-6H,2-3H2,1H3. The molecule has 15 heavy (non-hydrogen) atoms. The van der Waals surface area contributed by atoms with Crippen LogP contribution in [-0.2, 0) is 0 Å². The highest BCUT2D eigenvalue weighted by atomic mass is 16.3. The SMILES string of the molecule is CC(CO)CO.OCCCCC(O)CO. The number of unbranched alkanes of at least 4 members (excludes halogenated alkanes) is 1. The molecule has 0 saturated carbocycles. The van der Waals surface area contributed by atoms with Gasteiger partial charge in [0.25, 0.3) is 0 Å². The Morgan fingerprint density at radius 3 is 1.67 bits per heavy atom. The van der Waals surface area contributed by atoms with Crippen LogP contribution >= 0.6 is 0 Å². The molecule has 5 heteroatoms. The third-order valence-corrected chi connectivity index (χ3v) is 1.78. The van der Waals surface area contributed by atoms with Gasteiger partial charge in [0.15, 0.2) is 0 Å². The van der Waals surface area contributed by atoms with E-state index in [2.05, 4.69) is 0 Å². The quantitative estimate of drug-likeness (QED) is 0.361. The van der Waals surface area contributed by atoms with Crippen molar-refractivity contribution in [2.45, 2.75) is 32.3 Å². The van der Waals surface area contributed by atoms with Gasteiger partial charge in [-0.15, -0.1) is 0 Å². The molecule has 0 aromatic carbocycles. The van der Waals surface area contributed by atoms with Crippen LogP contribution in [0.15, 0.2) is 0 Å². The van der Waals surface area contributed by atoms with E-state index >= 15 is 0 Å². The molecule has 0 aliphatic rings. The lowest BCUT2D eigenvalue weighted by Gasteiger charge is -2.03. The fourth-order valence-corrected chi connectivity index (χ4v) is 0.641. The molecular weight excluding hydrogens is 200 g/mol. The van der Waals surface area contributed by atoms with Crippen LogP contribution in [0.2, 0.25) is 0 Å².